The number of likely N-dealkylation sites (tertiary alicyclic amines) is 1. The van der Waals surface area contributed by atoms with E-state index in [0.717, 1.165) is 21.9 Å². The zero-order valence-corrected chi connectivity index (χ0v) is 15.0. The van der Waals surface area contributed by atoms with Gasteiger partial charge in [0, 0.05) is 25.1 Å². The van der Waals surface area contributed by atoms with Crippen molar-refractivity contribution in [2.45, 2.75) is 32.7 Å². The third-order valence-electron chi connectivity index (χ3n) is 4.22. The molecule has 1 aliphatic rings. The summed E-state index contributed by atoms with van der Waals surface area (Å²) in [7, 11) is 0. The van der Waals surface area contributed by atoms with Crippen molar-refractivity contribution in [3.8, 4) is 0 Å². The number of nitrogens with one attached hydrogen (secondary N) is 1. The molecular weight excluding hydrogens is 340 g/mol. The molecule has 25 heavy (non-hydrogen) atoms. The minimum Gasteiger partial charge on any atom is -0.352 e. The third kappa shape index (κ3) is 3.79. The average Bonchev–Trinajstić information content (AvgIpc) is 3.27. The highest BCUT2D eigenvalue weighted by Gasteiger charge is 2.30. The number of hydrogen-bond acceptors (Lipinski definition) is 5. The average molecular weight is 360 g/mol. The van der Waals surface area contributed by atoms with Gasteiger partial charge in [-0.3, -0.25) is 24.0 Å². The topological polar surface area (TPSA) is 84.3 Å². The van der Waals surface area contributed by atoms with Gasteiger partial charge in [0.15, 0.2) is 0 Å². The first kappa shape index (κ1) is 17.3. The van der Waals surface area contributed by atoms with Gasteiger partial charge in [0.25, 0.3) is 0 Å². The molecule has 2 aromatic rings. The van der Waals surface area contributed by atoms with Gasteiger partial charge >= 0.3 is 0 Å². The van der Waals surface area contributed by atoms with E-state index >= 15 is 0 Å². The predicted octanol–water partition coefficient (Wildman–Crippen LogP) is 1.42. The number of nitrogens with zero attached hydrogens (tertiary/aromatic N) is 3. The summed E-state index contributed by atoms with van der Waals surface area (Å²) in [4.78, 5) is 36.5. The van der Waals surface area contributed by atoms with Crippen molar-refractivity contribution in [3.05, 3.63) is 39.8 Å². The Balaban J connectivity index is 1.69. The predicted molar refractivity (Wildman–Crippen MR) is 93.1 cm³/mol. The fourth-order valence-corrected chi connectivity index (χ4v) is 3.69. The van der Waals surface area contributed by atoms with Crippen molar-refractivity contribution in [1.82, 2.24) is 20.0 Å². The van der Waals surface area contributed by atoms with Gasteiger partial charge in [-0.15, -0.1) is 0 Å². The number of aromatic nitrogens is 2. The quantitative estimate of drug-likeness (QED) is 0.790. The van der Waals surface area contributed by atoms with Crippen molar-refractivity contribution >= 4 is 29.1 Å². The number of imide groups is 1. The number of aryl methyl sites for hydroxylation is 2. The summed E-state index contributed by atoms with van der Waals surface area (Å²) in [6.07, 6.45) is 0.380. The van der Waals surface area contributed by atoms with Gasteiger partial charge < -0.3 is 5.32 Å². The van der Waals surface area contributed by atoms with Crippen LogP contribution in [-0.4, -0.2) is 45.5 Å². The molecule has 132 valence electrons. The minimum absolute atomic E-state index is 0.131. The van der Waals surface area contributed by atoms with Crippen molar-refractivity contribution in [1.29, 1.82) is 0 Å². The molecule has 0 saturated carbocycles. The molecule has 3 amide bonds. The second-order valence-corrected chi connectivity index (χ2v) is 6.90. The molecule has 1 N–H and O–H groups in total. The van der Waals surface area contributed by atoms with Crippen LogP contribution < -0.4 is 5.32 Å². The standard InChI is InChI=1S/C17H20N4O3S/c1-11-7-12(2)21(19-11)14(13-5-6-25-10-13)8-18-15(22)9-20-16(23)3-4-17(20)24/h5-7,10,14H,3-4,8-9H2,1-2H3,(H,18,22)/t14-/m0/s1. The number of carbonyl (C=O) groups excluding carboxylic acids is 3. The van der Waals surface area contributed by atoms with Gasteiger partial charge in [0.05, 0.1) is 11.7 Å². The van der Waals surface area contributed by atoms with E-state index in [-0.39, 0.29) is 43.1 Å². The van der Waals surface area contributed by atoms with Crippen LogP contribution in [0.3, 0.4) is 0 Å². The summed E-state index contributed by atoms with van der Waals surface area (Å²) in [5.41, 5.74) is 2.98. The van der Waals surface area contributed by atoms with E-state index < -0.39 is 0 Å². The Morgan fingerprint density at radius 3 is 2.60 bits per heavy atom. The lowest BCUT2D eigenvalue weighted by Crippen LogP contribution is -2.41. The molecule has 2 aromatic heterocycles. The maximum absolute atomic E-state index is 12.2. The Bertz CT molecular complexity index is 781. The number of thiophene rings is 1. The van der Waals surface area contributed by atoms with E-state index in [1.54, 1.807) is 11.3 Å². The Labute approximate surface area is 149 Å². The second-order valence-electron chi connectivity index (χ2n) is 6.12. The first-order chi connectivity index (χ1) is 12.0. The van der Waals surface area contributed by atoms with Crippen molar-refractivity contribution in [3.63, 3.8) is 0 Å². The summed E-state index contributed by atoms with van der Waals surface area (Å²) in [5.74, 6) is -0.911. The molecule has 0 aromatic carbocycles. The lowest BCUT2D eigenvalue weighted by atomic mass is 10.1. The van der Waals surface area contributed by atoms with E-state index in [1.165, 1.54) is 0 Å². The lowest BCUT2D eigenvalue weighted by Gasteiger charge is -2.20. The van der Waals surface area contributed by atoms with E-state index in [1.807, 2.05) is 41.4 Å². The molecule has 0 unspecified atom stereocenters. The lowest BCUT2D eigenvalue weighted by molar-refractivity contribution is -0.142. The van der Waals surface area contributed by atoms with Gasteiger partial charge in [0.1, 0.15) is 6.54 Å². The van der Waals surface area contributed by atoms with Gasteiger partial charge in [0.2, 0.25) is 17.7 Å². The van der Waals surface area contributed by atoms with E-state index in [2.05, 4.69) is 10.4 Å². The first-order valence-corrected chi connectivity index (χ1v) is 9.04. The van der Waals surface area contributed by atoms with Crippen LogP contribution in [0.2, 0.25) is 0 Å². The summed E-state index contributed by atoms with van der Waals surface area (Å²) in [6, 6.07) is 3.86. The number of carbonyl (C=O) groups is 3. The monoisotopic (exact) mass is 360 g/mol. The van der Waals surface area contributed by atoms with Crippen LogP contribution in [-0.2, 0) is 14.4 Å². The van der Waals surface area contributed by atoms with Gasteiger partial charge in [-0.25, -0.2) is 0 Å². The molecule has 1 saturated heterocycles. The van der Waals surface area contributed by atoms with E-state index in [4.69, 9.17) is 0 Å². The Kier molecular flexibility index (Phi) is 4.98. The van der Waals surface area contributed by atoms with Crippen LogP contribution in [0.1, 0.15) is 35.8 Å². The number of amides is 3. The summed E-state index contributed by atoms with van der Waals surface area (Å²) < 4.78 is 1.89. The highest BCUT2D eigenvalue weighted by molar-refractivity contribution is 7.08. The molecule has 8 heteroatoms. The van der Waals surface area contributed by atoms with Crippen molar-refractivity contribution in [2.75, 3.05) is 13.1 Å². The van der Waals surface area contributed by atoms with Crippen LogP contribution in [0.5, 0.6) is 0 Å². The molecule has 3 heterocycles. The summed E-state index contributed by atoms with van der Waals surface area (Å²) in [5, 5.41) is 11.4. The zero-order chi connectivity index (χ0) is 18.0. The largest absolute Gasteiger partial charge is 0.352 e. The molecule has 0 aliphatic carbocycles. The Morgan fingerprint density at radius 1 is 1.32 bits per heavy atom. The molecule has 0 bridgehead atoms. The van der Waals surface area contributed by atoms with Crippen molar-refractivity contribution in [2.24, 2.45) is 0 Å². The van der Waals surface area contributed by atoms with E-state index in [9.17, 15) is 14.4 Å². The highest BCUT2D eigenvalue weighted by atomic mass is 32.1. The number of rotatable bonds is 6. The molecular formula is C17H20N4O3S. The maximum Gasteiger partial charge on any atom is 0.240 e. The van der Waals surface area contributed by atoms with Crippen molar-refractivity contribution < 1.29 is 14.4 Å². The second kappa shape index (κ2) is 7.18. The fourth-order valence-electron chi connectivity index (χ4n) is 2.98. The normalized spacial score (nSPS) is 15.7. The summed E-state index contributed by atoms with van der Waals surface area (Å²) in [6.45, 7) is 4.03. The minimum atomic E-state index is -0.342. The molecule has 7 nitrogen and oxygen atoms in total. The van der Waals surface area contributed by atoms with Gasteiger partial charge in [-0.1, -0.05) is 0 Å². The third-order valence-corrected chi connectivity index (χ3v) is 4.92. The summed E-state index contributed by atoms with van der Waals surface area (Å²) >= 11 is 1.58. The highest BCUT2D eigenvalue weighted by Crippen LogP contribution is 2.22. The Hall–Kier alpha value is -2.48. The fraction of sp³-hybridized carbons (Fsp3) is 0.412. The van der Waals surface area contributed by atoms with E-state index in [0.29, 0.717) is 6.54 Å². The SMILES string of the molecule is Cc1cc(C)n([C@@H](CNC(=O)CN2C(=O)CCC2=O)c2ccsc2)n1. The van der Waals surface area contributed by atoms with Gasteiger partial charge in [-0.2, -0.15) is 16.4 Å². The van der Waals surface area contributed by atoms with Crippen LogP contribution in [0.15, 0.2) is 22.9 Å². The smallest absolute Gasteiger partial charge is 0.240 e. The van der Waals surface area contributed by atoms with Gasteiger partial charge in [-0.05, 0) is 42.3 Å². The molecule has 3 rings (SSSR count). The van der Waals surface area contributed by atoms with Crippen LogP contribution in [0.4, 0.5) is 0 Å². The molecule has 0 spiro atoms. The molecule has 0 radical (unpaired) electrons. The van der Waals surface area contributed by atoms with Crippen LogP contribution >= 0.6 is 11.3 Å². The molecule has 1 atom stereocenters. The molecule has 1 fully saturated rings. The number of hydrogen-bond donors (Lipinski definition) is 1. The molecule has 1 aliphatic heterocycles. The maximum atomic E-state index is 12.2. The first-order valence-electron chi connectivity index (χ1n) is 8.10. The van der Waals surface area contributed by atoms with Crippen LogP contribution in [0.25, 0.3) is 0 Å². The van der Waals surface area contributed by atoms with Crippen LogP contribution in [0, 0.1) is 13.8 Å². The Morgan fingerprint density at radius 2 is 2.04 bits per heavy atom. The zero-order valence-electron chi connectivity index (χ0n) is 14.2.